The normalized spacial score (nSPS) is 10.9. The van der Waals surface area contributed by atoms with Crippen molar-refractivity contribution in [1.29, 1.82) is 0 Å². The Kier molecular flexibility index (Phi) is 3.65. The van der Waals surface area contributed by atoms with E-state index in [1.807, 2.05) is 30.6 Å². The van der Waals surface area contributed by atoms with Gasteiger partial charge in [0.05, 0.1) is 17.5 Å². The molecule has 0 spiro atoms. The van der Waals surface area contributed by atoms with E-state index >= 15 is 0 Å². The van der Waals surface area contributed by atoms with Crippen LogP contribution in [0, 0.1) is 0 Å². The van der Waals surface area contributed by atoms with Gasteiger partial charge in [-0.2, -0.15) is 0 Å². The number of rotatable bonds is 4. The fraction of sp³-hybridized carbons (Fsp3) is 0.125. The molecule has 1 aromatic carbocycles. The lowest BCUT2D eigenvalue weighted by molar-refractivity contribution is 0.412. The monoisotopic (exact) mass is 330 g/mol. The van der Waals surface area contributed by atoms with Crippen LogP contribution < -0.4 is 4.74 Å². The maximum atomic E-state index is 5.30. The first-order chi connectivity index (χ1) is 9.79. The molecule has 0 aliphatic rings. The largest absolute Gasteiger partial charge is 0.496 e. The summed E-state index contributed by atoms with van der Waals surface area (Å²) in [7, 11) is 1.67. The van der Waals surface area contributed by atoms with Crippen LogP contribution >= 0.6 is 15.9 Å². The van der Waals surface area contributed by atoms with Crippen LogP contribution in [-0.4, -0.2) is 17.1 Å². The summed E-state index contributed by atoms with van der Waals surface area (Å²) in [6.07, 6.45) is 3.90. The summed E-state index contributed by atoms with van der Waals surface area (Å²) < 4.78 is 6.26. The van der Waals surface area contributed by atoms with Gasteiger partial charge in [-0.3, -0.25) is 0 Å². The molecule has 0 bridgehead atoms. The van der Waals surface area contributed by atoms with E-state index in [0.717, 1.165) is 21.6 Å². The van der Waals surface area contributed by atoms with Gasteiger partial charge in [-0.25, -0.2) is 0 Å². The van der Waals surface area contributed by atoms with Gasteiger partial charge in [0.2, 0.25) is 0 Å². The van der Waals surface area contributed by atoms with E-state index in [9.17, 15) is 0 Å². The van der Waals surface area contributed by atoms with Crippen molar-refractivity contribution < 1.29 is 4.74 Å². The first-order valence-electron chi connectivity index (χ1n) is 6.39. The van der Waals surface area contributed by atoms with Gasteiger partial charge < -0.3 is 14.7 Å². The quantitative estimate of drug-likeness (QED) is 0.735. The second-order valence-corrected chi connectivity index (χ2v) is 5.43. The van der Waals surface area contributed by atoms with Gasteiger partial charge in [-0.05, 0) is 57.9 Å². The van der Waals surface area contributed by atoms with Crippen molar-refractivity contribution in [3.8, 4) is 5.75 Å². The van der Waals surface area contributed by atoms with Gasteiger partial charge in [0.1, 0.15) is 5.75 Å². The highest BCUT2D eigenvalue weighted by Crippen LogP contribution is 2.34. The molecule has 2 heterocycles. The number of methoxy groups -OCH3 is 1. The molecule has 0 saturated carbocycles. The summed E-state index contributed by atoms with van der Waals surface area (Å²) >= 11 is 3.56. The molecule has 0 saturated heterocycles. The summed E-state index contributed by atoms with van der Waals surface area (Å²) in [6.45, 7) is 0. The van der Waals surface area contributed by atoms with Crippen LogP contribution in [0.5, 0.6) is 5.75 Å². The van der Waals surface area contributed by atoms with Crippen LogP contribution in [0.4, 0.5) is 0 Å². The Labute approximate surface area is 126 Å². The summed E-state index contributed by atoms with van der Waals surface area (Å²) in [5, 5.41) is 0. The SMILES string of the molecule is COc1ccc(C(c2ccc[nH]2)c2ccc[nH]2)cc1Br. The molecule has 3 nitrogen and oxygen atoms in total. The van der Waals surface area contributed by atoms with Gasteiger partial charge in [-0.1, -0.05) is 6.07 Å². The highest BCUT2D eigenvalue weighted by molar-refractivity contribution is 9.10. The first kappa shape index (κ1) is 13.1. The number of nitrogens with one attached hydrogen (secondary N) is 2. The minimum Gasteiger partial charge on any atom is -0.496 e. The number of ether oxygens (including phenoxy) is 1. The Bertz CT molecular complexity index is 640. The third kappa shape index (κ3) is 2.39. The molecule has 0 fully saturated rings. The van der Waals surface area contributed by atoms with Crippen molar-refractivity contribution in [2.45, 2.75) is 5.92 Å². The number of halogens is 1. The van der Waals surface area contributed by atoms with Gasteiger partial charge in [-0.15, -0.1) is 0 Å². The van der Waals surface area contributed by atoms with Gasteiger partial charge in [0, 0.05) is 23.8 Å². The molecule has 2 N–H and O–H groups in total. The fourth-order valence-corrected chi connectivity index (χ4v) is 2.99. The van der Waals surface area contributed by atoms with E-state index in [2.05, 4.69) is 50.2 Å². The highest BCUT2D eigenvalue weighted by atomic mass is 79.9. The number of aromatic amines is 2. The maximum Gasteiger partial charge on any atom is 0.133 e. The molecule has 3 rings (SSSR count). The summed E-state index contributed by atoms with van der Waals surface area (Å²) in [5.74, 6) is 0.993. The molecule has 0 atom stereocenters. The van der Waals surface area contributed by atoms with Crippen molar-refractivity contribution in [3.05, 3.63) is 76.3 Å². The van der Waals surface area contributed by atoms with Gasteiger partial charge in [0.15, 0.2) is 0 Å². The minimum atomic E-state index is 0.155. The van der Waals surface area contributed by atoms with Crippen molar-refractivity contribution in [3.63, 3.8) is 0 Å². The second kappa shape index (κ2) is 5.59. The molecule has 0 radical (unpaired) electrons. The molecule has 0 amide bonds. The molecular weight excluding hydrogens is 316 g/mol. The zero-order valence-corrected chi connectivity index (χ0v) is 12.6. The van der Waals surface area contributed by atoms with Crippen molar-refractivity contribution in [2.75, 3.05) is 7.11 Å². The van der Waals surface area contributed by atoms with E-state index < -0.39 is 0 Å². The van der Waals surface area contributed by atoms with E-state index in [4.69, 9.17) is 4.74 Å². The van der Waals surface area contributed by atoms with E-state index in [1.165, 1.54) is 5.56 Å². The van der Waals surface area contributed by atoms with Crippen LogP contribution in [0.15, 0.2) is 59.3 Å². The molecule has 102 valence electrons. The molecule has 0 unspecified atom stereocenters. The summed E-state index contributed by atoms with van der Waals surface area (Å²) in [6, 6.07) is 14.4. The van der Waals surface area contributed by atoms with E-state index in [0.29, 0.717) is 0 Å². The predicted molar refractivity (Wildman–Crippen MR) is 83.2 cm³/mol. The molecule has 2 aromatic heterocycles. The third-order valence-corrected chi connectivity index (χ3v) is 3.99. The Morgan fingerprint density at radius 2 is 1.65 bits per heavy atom. The smallest absolute Gasteiger partial charge is 0.133 e. The number of hydrogen-bond acceptors (Lipinski definition) is 1. The van der Waals surface area contributed by atoms with Crippen LogP contribution in [0.25, 0.3) is 0 Å². The average Bonchev–Trinajstić information content (AvgIpc) is 3.13. The number of aromatic nitrogens is 2. The topological polar surface area (TPSA) is 40.8 Å². The predicted octanol–water partition coefficient (Wildman–Crippen LogP) is 4.29. The first-order valence-corrected chi connectivity index (χ1v) is 7.19. The molecule has 4 heteroatoms. The standard InChI is InChI=1S/C16H15BrN2O/c1-20-15-7-6-11(10-12(15)17)16(13-4-2-8-18-13)14-5-3-9-19-14/h2-10,16,18-19H,1H3. The van der Waals surface area contributed by atoms with E-state index in [-0.39, 0.29) is 5.92 Å². The molecular formula is C16H15BrN2O. The third-order valence-electron chi connectivity index (χ3n) is 3.38. The Balaban J connectivity index is 2.08. The minimum absolute atomic E-state index is 0.155. The van der Waals surface area contributed by atoms with Crippen LogP contribution in [0.2, 0.25) is 0 Å². The molecule has 20 heavy (non-hydrogen) atoms. The number of H-pyrrole nitrogens is 2. The lowest BCUT2D eigenvalue weighted by Gasteiger charge is -2.16. The van der Waals surface area contributed by atoms with Crippen molar-refractivity contribution in [1.82, 2.24) is 9.97 Å². The summed E-state index contributed by atoms with van der Waals surface area (Å²) in [4.78, 5) is 6.61. The lowest BCUT2D eigenvalue weighted by Crippen LogP contribution is -2.04. The van der Waals surface area contributed by atoms with Crippen LogP contribution in [-0.2, 0) is 0 Å². The van der Waals surface area contributed by atoms with Gasteiger partial charge >= 0.3 is 0 Å². The van der Waals surface area contributed by atoms with Crippen molar-refractivity contribution in [2.24, 2.45) is 0 Å². The van der Waals surface area contributed by atoms with E-state index in [1.54, 1.807) is 7.11 Å². The zero-order valence-electron chi connectivity index (χ0n) is 11.1. The average molecular weight is 331 g/mol. The Morgan fingerprint density at radius 3 is 2.10 bits per heavy atom. The van der Waals surface area contributed by atoms with Crippen LogP contribution in [0.1, 0.15) is 22.9 Å². The lowest BCUT2D eigenvalue weighted by atomic mass is 9.92. The molecule has 0 aliphatic carbocycles. The summed E-state index contributed by atoms with van der Waals surface area (Å²) in [5.41, 5.74) is 3.51. The maximum absolute atomic E-state index is 5.30. The molecule has 3 aromatic rings. The number of hydrogen-bond donors (Lipinski definition) is 2. The Hall–Kier alpha value is -1.94. The highest BCUT2D eigenvalue weighted by Gasteiger charge is 2.19. The molecule has 0 aliphatic heterocycles. The van der Waals surface area contributed by atoms with Crippen molar-refractivity contribution >= 4 is 15.9 Å². The van der Waals surface area contributed by atoms with Gasteiger partial charge in [0.25, 0.3) is 0 Å². The Morgan fingerprint density at radius 1 is 1.00 bits per heavy atom. The van der Waals surface area contributed by atoms with Crippen LogP contribution in [0.3, 0.4) is 0 Å². The number of benzene rings is 1. The second-order valence-electron chi connectivity index (χ2n) is 4.58. The fourth-order valence-electron chi connectivity index (χ4n) is 2.44. The zero-order chi connectivity index (χ0) is 13.9.